The fourth-order valence-electron chi connectivity index (χ4n) is 7.50. The van der Waals surface area contributed by atoms with Crippen LogP contribution in [-0.4, -0.2) is 4.57 Å². The molecular formula is C50H35N. The molecule has 0 aliphatic heterocycles. The van der Waals surface area contributed by atoms with Crippen LogP contribution < -0.4 is 0 Å². The molecule has 1 heterocycles. The molecule has 1 aromatic heterocycles. The molecule has 0 aliphatic rings. The lowest BCUT2D eigenvalue weighted by Gasteiger charge is -2.18. The molecule has 9 rings (SSSR count). The van der Waals surface area contributed by atoms with Crippen LogP contribution in [0.3, 0.4) is 0 Å². The van der Waals surface area contributed by atoms with Crippen LogP contribution >= 0.6 is 0 Å². The predicted octanol–water partition coefficient (Wildman–Crippen LogP) is 13.1. The van der Waals surface area contributed by atoms with E-state index < -0.39 is 0 Å². The van der Waals surface area contributed by atoms with Crippen LogP contribution in [0.15, 0.2) is 212 Å². The van der Waals surface area contributed by atoms with Crippen LogP contribution in [0.4, 0.5) is 0 Å². The van der Waals surface area contributed by atoms with Gasteiger partial charge in [0.05, 0.1) is 16.7 Å². The molecule has 0 radical (unpaired) electrons. The van der Waals surface area contributed by atoms with Gasteiger partial charge in [0.25, 0.3) is 0 Å². The first kappa shape index (κ1) is 30.4. The summed E-state index contributed by atoms with van der Waals surface area (Å²) < 4.78 is 2.42. The van der Waals surface area contributed by atoms with Crippen LogP contribution in [0.2, 0.25) is 0 Å². The fraction of sp³-hybridized carbons (Fsp3) is 0. The highest BCUT2D eigenvalue weighted by Crippen LogP contribution is 2.40. The quantitative estimate of drug-likeness (QED) is 0.151. The molecule has 0 saturated carbocycles. The first-order valence-electron chi connectivity index (χ1n) is 17.5. The zero-order chi connectivity index (χ0) is 34.0. The van der Waals surface area contributed by atoms with Gasteiger partial charge in [0.2, 0.25) is 0 Å². The topological polar surface area (TPSA) is 4.93 Å². The molecule has 0 aliphatic carbocycles. The van der Waals surface area contributed by atoms with Gasteiger partial charge in [-0.3, -0.25) is 0 Å². The van der Waals surface area contributed by atoms with Gasteiger partial charge in [0, 0.05) is 16.3 Å². The predicted molar refractivity (Wildman–Crippen MR) is 216 cm³/mol. The minimum absolute atomic E-state index is 1.18. The Kier molecular flexibility index (Phi) is 7.92. The summed E-state index contributed by atoms with van der Waals surface area (Å²) in [4.78, 5) is 0. The molecule has 0 saturated heterocycles. The maximum Gasteiger partial charge on any atom is 0.0541 e. The Morgan fingerprint density at radius 1 is 0.294 bits per heavy atom. The Morgan fingerprint density at radius 3 is 1.35 bits per heavy atom. The second-order valence-electron chi connectivity index (χ2n) is 12.9. The molecule has 0 bridgehead atoms. The summed E-state index contributed by atoms with van der Waals surface area (Å²) in [6, 6.07) is 76.5. The summed E-state index contributed by atoms with van der Waals surface area (Å²) >= 11 is 0. The standard InChI is InChI=1S/C50H35N/c1-5-17-37(18-6-1)43-25-13-15-27-46(43)51-47-28-16-14-26-44(47)45-35-42(33-34-48(45)51)36-29-31-41(32-30-36)50(40-23-11-4-12-24-40)49(38-19-7-2-8-20-38)39-21-9-3-10-22-39/h1-35H. The van der Waals surface area contributed by atoms with Gasteiger partial charge in [0.15, 0.2) is 0 Å². The minimum Gasteiger partial charge on any atom is -0.309 e. The highest BCUT2D eigenvalue weighted by molar-refractivity contribution is 6.11. The summed E-state index contributed by atoms with van der Waals surface area (Å²) in [6.45, 7) is 0. The Labute approximate surface area is 299 Å². The summed E-state index contributed by atoms with van der Waals surface area (Å²) in [6.07, 6.45) is 0. The number of nitrogens with zero attached hydrogens (tertiary/aromatic N) is 1. The molecule has 51 heavy (non-hydrogen) atoms. The number of aromatic nitrogens is 1. The Hall–Kier alpha value is -6.70. The van der Waals surface area contributed by atoms with Crippen molar-refractivity contribution < 1.29 is 0 Å². The summed E-state index contributed by atoms with van der Waals surface area (Å²) in [5, 5.41) is 2.49. The van der Waals surface area contributed by atoms with E-state index in [0.29, 0.717) is 0 Å². The van der Waals surface area contributed by atoms with Gasteiger partial charge >= 0.3 is 0 Å². The van der Waals surface area contributed by atoms with Crippen molar-refractivity contribution >= 4 is 33.0 Å². The average Bonchev–Trinajstić information content (AvgIpc) is 3.55. The van der Waals surface area contributed by atoms with Crippen molar-refractivity contribution in [3.05, 3.63) is 235 Å². The zero-order valence-electron chi connectivity index (χ0n) is 28.2. The third-order valence-corrected chi connectivity index (χ3v) is 9.85. The highest BCUT2D eigenvalue weighted by atomic mass is 15.0. The lowest BCUT2D eigenvalue weighted by atomic mass is 9.85. The molecular weight excluding hydrogens is 615 g/mol. The Bertz CT molecular complexity index is 2590. The zero-order valence-corrected chi connectivity index (χ0v) is 28.2. The second-order valence-corrected chi connectivity index (χ2v) is 12.9. The molecule has 0 spiro atoms. The van der Waals surface area contributed by atoms with Gasteiger partial charge in [-0.1, -0.05) is 188 Å². The van der Waals surface area contributed by atoms with E-state index >= 15 is 0 Å². The van der Waals surface area contributed by atoms with Crippen LogP contribution in [0, 0.1) is 0 Å². The molecule has 0 amide bonds. The molecule has 0 unspecified atom stereocenters. The Balaban J connectivity index is 1.19. The number of hydrogen-bond donors (Lipinski definition) is 0. The van der Waals surface area contributed by atoms with E-state index in [1.54, 1.807) is 0 Å². The van der Waals surface area contributed by atoms with Crippen molar-refractivity contribution in [3.63, 3.8) is 0 Å². The van der Waals surface area contributed by atoms with Crippen molar-refractivity contribution in [2.24, 2.45) is 0 Å². The van der Waals surface area contributed by atoms with E-state index in [9.17, 15) is 0 Å². The first-order chi connectivity index (χ1) is 25.3. The molecule has 0 N–H and O–H groups in total. The van der Waals surface area contributed by atoms with E-state index in [1.165, 1.54) is 83.1 Å². The normalized spacial score (nSPS) is 11.1. The number of rotatable bonds is 7. The highest BCUT2D eigenvalue weighted by Gasteiger charge is 2.18. The first-order valence-corrected chi connectivity index (χ1v) is 17.5. The lowest BCUT2D eigenvalue weighted by molar-refractivity contribution is 1.18. The maximum atomic E-state index is 2.42. The van der Waals surface area contributed by atoms with Crippen molar-refractivity contribution in [1.29, 1.82) is 0 Å². The summed E-state index contributed by atoms with van der Waals surface area (Å²) in [7, 11) is 0. The molecule has 0 atom stereocenters. The molecule has 240 valence electrons. The number of hydrogen-bond acceptors (Lipinski definition) is 0. The van der Waals surface area contributed by atoms with Crippen LogP contribution in [0.1, 0.15) is 22.3 Å². The largest absolute Gasteiger partial charge is 0.309 e. The van der Waals surface area contributed by atoms with Gasteiger partial charge in [-0.05, 0) is 74.4 Å². The van der Waals surface area contributed by atoms with Crippen molar-refractivity contribution in [3.8, 4) is 27.9 Å². The van der Waals surface area contributed by atoms with E-state index in [2.05, 4.69) is 217 Å². The number of fused-ring (bicyclic) bond motifs is 3. The third kappa shape index (κ3) is 5.65. The summed E-state index contributed by atoms with van der Waals surface area (Å²) in [5.41, 5.74) is 15.6. The van der Waals surface area contributed by atoms with Gasteiger partial charge in [0.1, 0.15) is 0 Å². The number of benzene rings is 8. The minimum atomic E-state index is 1.18. The van der Waals surface area contributed by atoms with Gasteiger partial charge in [-0.2, -0.15) is 0 Å². The molecule has 9 aromatic rings. The van der Waals surface area contributed by atoms with Gasteiger partial charge in [-0.15, -0.1) is 0 Å². The van der Waals surface area contributed by atoms with E-state index in [0.717, 1.165) is 0 Å². The van der Waals surface area contributed by atoms with Crippen molar-refractivity contribution in [2.75, 3.05) is 0 Å². The van der Waals surface area contributed by atoms with E-state index in [1.807, 2.05) is 0 Å². The summed E-state index contributed by atoms with van der Waals surface area (Å²) in [5.74, 6) is 0. The second kappa shape index (κ2) is 13.3. The van der Waals surface area contributed by atoms with Gasteiger partial charge < -0.3 is 4.57 Å². The lowest BCUT2D eigenvalue weighted by Crippen LogP contribution is -1.97. The van der Waals surface area contributed by atoms with Crippen molar-refractivity contribution in [1.82, 2.24) is 4.57 Å². The van der Waals surface area contributed by atoms with Gasteiger partial charge in [-0.25, -0.2) is 0 Å². The molecule has 1 heteroatoms. The number of para-hydroxylation sites is 2. The third-order valence-electron chi connectivity index (χ3n) is 9.85. The SMILES string of the molecule is c1ccc(C(=C(c2ccccc2)c2ccc(-c3ccc4c(c3)c3ccccc3n4-c3ccccc3-c3ccccc3)cc2)c2ccccc2)cc1. The van der Waals surface area contributed by atoms with Crippen molar-refractivity contribution in [2.45, 2.75) is 0 Å². The molecule has 0 fully saturated rings. The molecule has 1 nitrogen and oxygen atoms in total. The molecule has 8 aromatic carbocycles. The average molecular weight is 650 g/mol. The fourth-order valence-corrected chi connectivity index (χ4v) is 7.50. The Morgan fingerprint density at radius 2 is 0.745 bits per heavy atom. The van der Waals surface area contributed by atoms with Crippen LogP contribution in [0.25, 0.3) is 60.9 Å². The van der Waals surface area contributed by atoms with E-state index in [4.69, 9.17) is 0 Å². The maximum absolute atomic E-state index is 2.42. The monoisotopic (exact) mass is 649 g/mol. The smallest absolute Gasteiger partial charge is 0.0541 e. The van der Waals surface area contributed by atoms with E-state index in [-0.39, 0.29) is 0 Å². The van der Waals surface area contributed by atoms with Crippen LogP contribution in [0.5, 0.6) is 0 Å². The van der Waals surface area contributed by atoms with Crippen LogP contribution in [-0.2, 0) is 0 Å².